The standard InChI is InChI=1S/C36H31F6O11P/c37-35(38,39)51-28-17-9-7-15-26(28)22-46-32-31(50-34(44)33(32)47-23-27-16-8-10-18-29(27)52-36(40,41)42)30(19-43)53-54(45,48-20-24-11-3-1-4-12-24)49-21-25-13-5-2-6-14-25/h1-18,30-31,43H,19-23H2/t30-,31+/m0/s1. The second-order valence-corrected chi connectivity index (χ2v) is 12.8. The molecule has 1 N–H and O–H groups in total. The lowest BCUT2D eigenvalue weighted by Gasteiger charge is -2.27. The highest BCUT2D eigenvalue weighted by molar-refractivity contribution is 7.48. The van der Waals surface area contributed by atoms with Crippen LogP contribution in [0.25, 0.3) is 0 Å². The van der Waals surface area contributed by atoms with Crippen molar-refractivity contribution in [3.63, 3.8) is 0 Å². The lowest BCUT2D eigenvalue weighted by Crippen LogP contribution is -2.35. The molecule has 0 aliphatic carbocycles. The predicted octanol–water partition coefficient (Wildman–Crippen LogP) is 8.27. The minimum Gasteiger partial charge on any atom is -0.485 e. The summed E-state index contributed by atoms with van der Waals surface area (Å²) in [6, 6.07) is 26.7. The topological polar surface area (TPSA) is 128 Å². The molecule has 0 aromatic heterocycles. The second kappa shape index (κ2) is 17.8. The van der Waals surface area contributed by atoms with Gasteiger partial charge in [0.05, 0.1) is 19.8 Å². The number of phosphoric ester groups is 1. The van der Waals surface area contributed by atoms with Gasteiger partial charge in [0.2, 0.25) is 5.76 Å². The Morgan fingerprint density at radius 1 is 0.648 bits per heavy atom. The lowest BCUT2D eigenvalue weighted by molar-refractivity contribution is -0.276. The van der Waals surface area contributed by atoms with Crippen LogP contribution in [0.5, 0.6) is 11.5 Å². The summed E-state index contributed by atoms with van der Waals surface area (Å²) < 4.78 is 135. The smallest absolute Gasteiger partial charge is 0.485 e. The van der Waals surface area contributed by atoms with E-state index in [1.165, 1.54) is 36.4 Å². The van der Waals surface area contributed by atoms with Gasteiger partial charge in [0.15, 0.2) is 11.9 Å². The van der Waals surface area contributed by atoms with Crippen LogP contribution in [0.2, 0.25) is 0 Å². The Morgan fingerprint density at radius 2 is 1.09 bits per heavy atom. The van der Waals surface area contributed by atoms with Crippen LogP contribution in [-0.4, -0.2) is 42.6 Å². The molecule has 1 heterocycles. The Hall–Kier alpha value is -5.06. The zero-order chi connectivity index (χ0) is 38.8. The number of rotatable bonds is 18. The molecule has 0 saturated carbocycles. The average Bonchev–Trinajstić information content (AvgIpc) is 3.45. The lowest BCUT2D eigenvalue weighted by atomic mass is 10.1. The van der Waals surface area contributed by atoms with Gasteiger partial charge in [-0.25, -0.2) is 9.36 Å². The number of phosphoric acid groups is 1. The van der Waals surface area contributed by atoms with E-state index in [4.69, 9.17) is 27.8 Å². The molecule has 1 aliphatic heterocycles. The third-order valence-corrected chi connectivity index (χ3v) is 8.72. The van der Waals surface area contributed by atoms with E-state index in [-0.39, 0.29) is 24.3 Å². The molecule has 4 aromatic rings. The summed E-state index contributed by atoms with van der Waals surface area (Å²) in [6.45, 7) is -3.06. The van der Waals surface area contributed by atoms with Crippen LogP contribution >= 0.6 is 7.82 Å². The summed E-state index contributed by atoms with van der Waals surface area (Å²) in [5, 5.41) is 10.5. The fourth-order valence-electron chi connectivity index (χ4n) is 4.88. The van der Waals surface area contributed by atoms with Crippen molar-refractivity contribution in [2.75, 3.05) is 6.61 Å². The first-order valence-corrected chi connectivity index (χ1v) is 17.3. The average molecular weight is 785 g/mol. The van der Waals surface area contributed by atoms with Crippen LogP contribution in [0.4, 0.5) is 26.3 Å². The zero-order valence-electron chi connectivity index (χ0n) is 27.8. The molecule has 4 aromatic carbocycles. The van der Waals surface area contributed by atoms with Crippen LogP contribution in [0.1, 0.15) is 22.3 Å². The highest BCUT2D eigenvalue weighted by atomic mass is 31.2. The van der Waals surface area contributed by atoms with E-state index in [0.29, 0.717) is 11.1 Å². The largest absolute Gasteiger partial charge is 0.573 e. The van der Waals surface area contributed by atoms with E-state index >= 15 is 0 Å². The van der Waals surface area contributed by atoms with Crippen LogP contribution in [0.3, 0.4) is 0 Å². The summed E-state index contributed by atoms with van der Waals surface area (Å²) >= 11 is 0. The number of esters is 1. The normalized spacial score (nSPS) is 15.5. The van der Waals surface area contributed by atoms with Crippen molar-refractivity contribution in [2.45, 2.75) is 51.4 Å². The number of ether oxygens (including phenoxy) is 5. The van der Waals surface area contributed by atoms with Crippen molar-refractivity contribution >= 4 is 13.8 Å². The number of aliphatic hydroxyl groups excluding tert-OH is 1. The molecule has 5 rings (SSSR count). The van der Waals surface area contributed by atoms with E-state index in [0.717, 1.165) is 12.1 Å². The van der Waals surface area contributed by atoms with Crippen molar-refractivity contribution in [3.05, 3.63) is 143 Å². The van der Waals surface area contributed by atoms with Gasteiger partial charge in [-0.15, -0.1) is 26.3 Å². The Balaban J connectivity index is 1.46. The van der Waals surface area contributed by atoms with Gasteiger partial charge < -0.3 is 28.8 Å². The van der Waals surface area contributed by atoms with Gasteiger partial charge in [-0.05, 0) is 23.3 Å². The fourth-order valence-corrected chi connectivity index (χ4v) is 6.20. The van der Waals surface area contributed by atoms with Gasteiger partial charge in [-0.2, -0.15) is 0 Å². The number of hydrogen-bond donors (Lipinski definition) is 1. The van der Waals surface area contributed by atoms with E-state index in [9.17, 15) is 40.8 Å². The van der Waals surface area contributed by atoms with Gasteiger partial charge >= 0.3 is 26.5 Å². The molecule has 11 nitrogen and oxygen atoms in total. The van der Waals surface area contributed by atoms with Crippen LogP contribution in [0.15, 0.2) is 121 Å². The summed E-state index contributed by atoms with van der Waals surface area (Å²) in [4.78, 5) is 13.3. The van der Waals surface area contributed by atoms with Gasteiger partial charge in [0.25, 0.3) is 0 Å². The zero-order valence-corrected chi connectivity index (χ0v) is 28.7. The van der Waals surface area contributed by atoms with Crippen molar-refractivity contribution in [3.8, 4) is 11.5 Å². The van der Waals surface area contributed by atoms with Gasteiger partial charge in [0.1, 0.15) is 30.8 Å². The first-order valence-electron chi connectivity index (χ1n) is 15.9. The SMILES string of the molecule is O=C1O[C@H]([C@H](CO)OP(=O)(OCc2ccccc2)OCc2ccccc2)C(OCc2ccccc2OC(F)(F)F)=C1OCc1ccccc1OC(F)(F)F. The van der Waals surface area contributed by atoms with Gasteiger partial charge in [0, 0.05) is 11.1 Å². The number of alkyl halides is 6. The monoisotopic (exact) mass is 784 g/mol. The van der Waals surface area contributed by atoms with E-state index in [1.807, 2.05) is 0 Å². The third-order valence-electron chi connectivity index (χ3n) is 7.30. The predicted molar refractivity (Wildman–Crippen MR) is 175 cm³/mol. The van der Waals surface area contributed by atoms with Crippen LogP contribution in [-0.2, 0) is 63.6 Å². The Morgan fingerprint density at radius 3 is 1.56 bits per heavy atom. The number of cyclic esters (lactones) is 1. The quantitative estimate of drug-likeness (QED) is 0.0595. The molecule has 0 spiro atoms. The molecular weight excluding hydrogens is 753 g/mol. The molecule has 0 unspecified atom stereocenters. The van der Waals surface area contributed by atoms with Crippen molar-refractivity contribution < 1.29 is 78.1 Å². The second-order valence-electron chi connectivity index (χ2n) is 11.2. The third kappa shape index (κ3) is 11.7. The maximum atomic E-state index is 14.1. The number of para-hydroxylation sites is 2. The first kappa shape index (κ1) is 40.1. The van der Waals surface area contributed by atoms with Crippen molar-refractivity contribution in [1.82, 2.24) is 0 Å². The molecule has 288 valence electrons. The van der Waals surface area contributed by atoms with Crippen LogP contribution in [0, 0.1) is 0 Å². The molecule has 0 amide bonds. The Bertz CT molecular complexity index is 1880. The van der Waals surface area contributed by atoms with Gasteiger partial charge in [-0.1, -0.05) is 97.1 Å². The highest BCUT2D eigenvalue weighted by Crippen LogP contribution is 2.53. The molecule has 1 aliphatic rings. The summed E-state index contributed by atoms with van der Waals surface area (Å²) in [5.74, 6) is -3.90. The minimum atomic E-state index is -5.08. The van der Waals surface area contributed by atoms with Gasteiger partial charge in [-0.3, -0.25) is 13.6 Å². The first-order chi connectivity index (χ1) is 25.7. The number of aliphatic hydroxyl groups is 1. The number of benzene rings is 4. The molecule has 0 radical (unpaired) electrons. The summed E-state index contributed by atoms with van der Waals surface area (Å²) in [5.41, 5.74) is 0.774. The molecule has 0 fully saturated rings. The van der Waals surface area contributed by atoms with E-state index in [2.05, 4.69) is 9.47 Å². The van der Waals surface area contributed by atoms with Crippen molar-refractivity contribution in [1.29, 1.82) is 0 Å². The Labute approximate surface area is 304 Å². The van der Waals surface area contributed by atoms with Crippen LogP contribution < -0.4 is 9.47 Å². The molecule has 0 saturated heterocycles. The molecule has 18 heteroatoms. The summed E-state index contributed by atoms with van der Waals surface area (Å²) in [6.07, 6.45) is -13.7. The summed E-state index contributed by atoms with van der Waals surface area (Å²) in [7, 11) is -4.68. The fraction of sp³-hybridized carbons (Fsp3) is 0.250. The molecular formula is C36H31F6O11P. The number of hydrogen-bond acceptors (Lipinski definition) is 11. The molecule has 0 bridgehead atoms. The maximum absolute atomic E-state index is 14.1. The number of halogens is 6. The van der Waals surface area contributed by atoms with Crippen molar-refractivity contribution in [2.24, 2.45) is 0 Å². The highest BCUT2D eigenvalue weighted by Gasteiger charge is 2.47. The molecule has 2 atom stereocenters. The maximum Gasteiger partial charge on any atom is 0.573 e. The van der Waals surface area contributed by atoms with E-state index in [1.54, 1.807) is 60.7 Å². The minimum absolute atomic E-state index is 0.173. The number of carbonyl (C=O) groups is 1. The van der Waals surface area contributed by atoms with E-state index < -0.39 is 81.6 Å². The Kier molecular flexibility index (Phi) is 13.3. The number of carbonyl (C=O) groups excluding carboxylic acids is 1. The molecule has 54 heavy (non-hydrogen) atoms.